The molecule has 2 rings (SSSR count). The highest BCUT2D eigenvalue weighted by molar-refractivity contribution is 6.31. The van der Waals surface area contributed by atoms with Crippen molar-refractivity contribution in [2.75, 3.05) is 11.9 Å². The Balaban J connectivity index is 2.25. The Morgan fingerprint density at radius 1 is 1.29 bits per heavy atom. The van der Waals surface area contributed by atoms with Crippen LogP contribution in [0.1, 0.15) is 21.5 Å². The van der Waals surface area contributed by atoms with Crippen molar-refractivity contribution >= 4 is 23.2 Å². The molecule has 0 saturated heterocycles. The Hall–Kier alpha value is -2.28. The summed E-state index contributed by atoms with van der Waals surface area (Å²) in [6, 6.07) is 12.5. The molecule has 106 valence electrons. The maximum Gasteiger partial charge on any atom is 0.255 e. The molecule has 0 atom stereocenters. The summed E-state index contributed by atoms with van der Waals surface area (Å²) in [5, 5.41) is 3.41. The average Bonchev–Trinajstić information content (AvgIpc) is 2.49. The van der Waals surface area contributed by atoms with Gasteiger partial charge in [-0.25, -0.2) is 0 Å². The van der Waals surface area contributed by atoms with E-state index in [1.165, 1.54) is 0 Å². The Morgan fingerprint density at radius 3 is 2.76 bits per heavy atom. The van der Waals surface area contributed by atoms with Gasteiger partial charge in [-0.05, 0) is 36.8 Å². The molecular weight excluding hydrogens is 284 g/mol. The molecule has 2 aromatic rings. The average molecular weight is 299 g/mol. The second kappa shape index (κ2) is 6.94. The first-order valence-corrected chi connectivity index (χ1v) is 6.85. The first kappa shape index (κ1) is 15.1. The fourth-order valence-electron chi connectivity index (χ4n) is 1.78. The summed E-state index contributed by atoms with van der Waals surface area (Å²) in [6.07, 6.45) is 0. The molecule has 0 saturated carbocycles. The van der Waals surface area contributed by atoms with Crippen molar-refractivity contribution in [1.29, 1.82) is 0 Å². The van der Waals surface area contributed by atoms with E-state index in [-0.39, 0.29) is 12.5 Å². The van der Waals surface area contributed by atoms with Crippen LogP contribution in [0, 0.1) is 18.8 Å². The van der Waals surface area contributed by atoms with E-state index >= 15 is 0 Å². The van der Waals surface area contributed by atoms with Crippen molar-refractivity contribution in [3.8, 4) is 11.8 Å². The molecule has 0 aliphatic heterocycles. The fourth-order valence-corrected chi connectivity index (χ4v) is 1.96. The van der Waals surface area contributed by atoms with Crippen molar-refractivity contribution in [1.82, 2.24) is 0 Å². The van der Waals surface area contributed by atoms with E-state index in [1.807, 2.05) is 31.2 Å². The minimum atomic E-state index is -0.223. The quantitative estimate of drug-likeness (QED) is 0.837. The number of benzene rings is 2. The molecule has 0 radical (unpaired) electrons. The van der Waals surface area contributed by atoms with Gasteiger partial charge in [0.1, 0.15) is 0 Å². The molecule has 0 fully saturated rings. The molecule has 2 aromatic carbocycles. The number of anilines is 1. The number of carbonyl (C=O) groups excluding carboxylic acids is 1. The lowest BCUT2D eigenvalue weighted by Crippen LogP contribution is -2.13. The molecule has 1 amide bonds. The molecule has 21 heavy (non-hydrogen) atoms. The maximum atomic E-state index is 12.3. The van der Waals surface area contributed by atoms with Crippen LogP contribution in [-0.4, -0.2) is 12.5 Å². The van der Waals surface area contributed by atoms with Crippen molar-refractivity contribution in [2.24, 2.45) is 5.73 Å². The van der Waals surface area contributed by atoms with E-state index in [9.17, 15) is 4.79 Å². The molecule has 0 unspecified atom stereocenters. The number of para-hydroxylation sites is 1. The largest absolute Gasteiger partial charge is 0.321 e. The number of carbonyl (C=O) groups is 1. The number of hydrogen-bond donors (Lipinski definition) is 2. The zero-order valence-corrected chi connectivity index (χ0v) is 12.4. The molecule has 0 aromatic heterocycles. The highest BCUT2D eigenvalue weighted by Gasteiger charge is 2.09. The Bertz CT molecular complexity index is 729. The molecule has 0 aliphatic carbocycles. The van der Waals surface area contributed by atoms with Gasteiger partial charge >= 0.3 is 0 Å². The van der Waals surface area contributed by atoms with Gasteiger partial charge in [0.15, 0.2) is 0 Å². The van der Waals surface area contributed by atoms with Crippen LogP contribution in [0.15, 0.2) is 42.5 Å². The van der Waals surface area contributed by atoms with Gasteiger partial charge in [0.2, 0.25) is 0 Å². The van der Waals surface area contributed by atoms with E-state index in [2.05, 4.69) is 17.2 Å². The molecule has 0 spiro atoms. The predicted octanol–water partition coefficient (Wildman–Crippen LogP) is 3.21. The molecular formula is C17H15ClN2O. The molecule has 3 nitrogen and oxygen atoms in total. The van der Waals surface area contributed by atoms with Crippen LogP contribution in [0.4, 0.5) is 5.69 Å². The lowest BCUT2D eigenvalue weighted by molar-refractivity contribution is 0.102. The van der Waals surface area contributed by atoms with E-state index < -0.39 is 0 Å². The summed E-state index contributed by atoms with van der Waals surface area (Å²) < 4.78 is 0. The highest BCUT2D eigenvalue weighted by Crippen LogP contribution is 2.19. The summed E-state index contributed by atoms with van der Waals surface area (Å²) in [5.74, 6) is 5.49. The third-order valence-electron chi connectivity index (χ3n) is 2.93. The van der Waals surface area contributed by atoms with Gasteiger partial charge in [-0.15, -0.1) is 0 Å². The van der Waals surface area contributed by atoms with Gasteiger partial charge in [0, 0.05) is 16.1 Å². The summed E-state index contributed by atoms with van der Waals surface area (Å²) in [7, 11) is 0. The van der Waals surface area contributed by atoms with Crippen molar-refractivity contribution in [3.05, 3.63) is 64.2 Å². The first-order chi connectivity index (χ1) is 10.1. The number of rotatable bonds is 2. The monoisotopic (exact) mass is 298 g/mol. The van der Waals surface area contributed by atoms with Crippen LogP contribution in [0.2, 0.25) is 5.02 Å². The number of hydrogen-bond acceptors (Lipinski definition) is 2. The minimum absolute atomic E-state index is 0.223. The van der Waals surface area contributed by atoms with Crippen LogP contribution < -0.4 is 11.1 Å². The minimum Gasteiger partial charge on any atom is -0.321 e. The van der Waals surface area contributed by atoms with Crippen LogP contribution in [-0.2, 0) is 0 Å². The Morgan fingerprint density at radius 2 is 2.05 bits per heavy atom. The number of aryl methyl sites for hydroxylation is 1. The van der Waals surface area contributed by atoms with Crippen molar-refractivity contribution in [2.45, 2.75) is 6.92 Å². The second-order valence-electron chi connectivity index (χ2n) is 4.47. The van der Waals surface area contributed by atoms with E-state index in [0.29, 0.717) is 16.3 Å². The van der Waals surface area contributed by atoms with Crippen molar-refractivity contribution in [3.63, 3.8) is 0 Å². The van der Waals surface area contributed by atoms with E-state index in [1.54, 1.807) is 18.2 Å². The Labute approximate surface area is 129 Å². The van der Waals surface area contributed by atoms with Crippen LogP contribution in [0.5, 0.6) is 0 Å². The van der Waals surface area contributed by atoms with E-state index in [0.717, 1.165) is 11.1 Å². The normalized spacial score (nSPS) is 9.67. The van der Waals surface area contributed by atoms with Gasteiger partial charge in [-0.2, -0.15) is 0 Å². The second-order valence-corrected chi connectivity index (χ2v) is 4.88. The Kier molecular flexibility index (Phi) is 4.99. The standard InChI is InChI=1S/C17H15ClN2O/c1-12-8-9-14(11-15(12)18)17(21)20-16-7-3-2-5-13(16)6-4-10-19/h2-3,5,7-9,11H,10,19H2,1H3,(H,20,21). The fraction of sp³-hybridized carbons (Fsp3) is 0.118. The first-order valence-electron chi connectivity index (χ1n) is 6.47. The van der Waals surface area contributed by atoms with Gasteiger partial charge in [0.25, 0.3) is 5.91 Å². The third-order valence-corrected chi connectivity index (χ3v) is 3.34. The number of halogens is 1. The van der Waals surface area contributed by atoms with E-state index in [4.69, 9.17) is 17.3 Å². The SMILES string of the molecule is Cc1ccc(C(=O)Nc2ccccc2C#CCN)cc1Cl. The maximum absolute atomic E-state index is 12.3. The zero-order valence-electron chi connectivity index (χ0n) is 11.6. The molecule has 0 heterocycles. The summed E-state index contributed by atoms with van der Waals surface area (Å²) in [5.41, 5.74) is 8.20. The lowest BCUT2D eigenvalue weighted by Gasteiger charge is -2.08. The van der Waals surface area contributed by atoms with Gasteiger partial charge in [0.05, 0.1) is 12.2 Å². The summed E-state index contributed by atoms with van der Waals surface area (Å²) in [4.78, 5) is 12.3. The topological polar surface area (TPSA) is 55.1 Å². The highest BCUT2D eigenvalue weighted by atomic mass is 35.5. The van der Waals surface area contributed by atoms with Crippen LogP contribution >= 0.6 is 11.6 Å². The van der Waals surface area contributed by atoms with Crippen LogP contribution in [0.25, 0.3) is 0 Å². The molecule has 4 heteroatoms. The van der Waals surface area contributed by atoms with Gasteiger partial charge in [-0.1, -0.05) is 41.6 Å². The third kappa shape index (κ3) is 3.85. The van der Waals surface area contributed by atoms with Gasteiger partial charge in [-0.3, -0.25) is 4.79 Å². The number of nitrogens with two attached hydrogens (primary N) is 1. The summed E-state index contributed by atoms with van der Waals surface area (Å²) >= 11 is 6.04. The van der Waals surface area contributed by atoms with Crippen molar-refractivity contribution < 1.29 is 4.79 Å². The predicted molar refractivity (Wildman–Crippen MR) is 86.5 cm³/mol. The number of amides is 1. The van der Waals surface area contributed by atoms with Gasteiger partial charge < -0.3 is 11.1 Å². The number of nitrogens with one attached hydrogen (secondary N) is 1. The smallest absolute Gasteiger partial charge is 0.255 e. The molecule has 0 bridgehead atoms. The van der Waals surface area contributed by atoms with Crippen LogP contribution in [0.3, 0.4) is 0 Å². The lowest BCUT2D eigenvalue weighted by atomic mass is 10.1. The zero-order chi connectivity index (χ0) is 15.2. The summed E-state index contributed by atoms with van der Waals surface area (Å²) in [6.45, 7) is 2.16. The molecule has 3 N–H and O–H groups in total. The molecule has 0 aliphatic rings.